The van der Waals surface area contributed by atoms with Crippen molar-refractivity contribution in [1.29, 1.82) is 5.26 Å². The molecule has 0 saturated carbocycles. The number of hydrogen-bond donors (Lipinski definition) is 2. The lowest BCUT2D eigenvalue weighted by Gasteiger charge is -2.35. The summed E-state index contributed by atoms with van der Waals surface area (Å²) in [6.07, 6.45) is -3.22. The Balaban J connectivity index is 2.38. The van der Waals surface area contributed by atoms with Crippen molar-refractivity contribution in [3.8, 4) is 6.07 Å². The van der Waals surface area contributed by atoms with Crippen LogP contribution < -0.4 is 5.32 Å². The van der Waals surface area contributed by atoms with E-state index in [9.17, 15) is 32.8 Å². The Bertz CT molecular complexity index is 924. The predicted molar refractivity (Wildman–Crippen MR) is 103 cm³/mol. The van der Waals surface area contributed by atoms with Gasteiger partial charge in [0.2, 0.25) is 5.91 Å². The number of alkyl halides is 1. The molecule has 2 N–H and O–H groups in total. The molecule has 2 rings (SSSR count). The monoisotopic (exact) mass is 425 g/mol. The number of rotatable bonds is 6. The molecule has 1 heterocycles. The maximum Gasteiger partial charge on any atom is 0.405 e. The Morgan fingerprint density at radius 1 is 1.38 bits per heavy atom. The van der Waals surface area contributed by atoms with Gasteiger partial charge in [-0.3, -0.25) is 4.79 Å². The minimum atomic E-state index is -4.03. The zero-order chi connectivity index (χ0) is 22.0. The number of amides is 2. The maximum absolute atomic E-state index is 13.7. The van der Waals surface area contributed by atoms with Crippen LogP contribution in [0.3, 0.4) is 0 Å². The fraction of sp³-hybridized carbons (Fsp3) is 0.526. The maximum atomic E-state index is 13.7. The zero-order valence-corrected chi connectivity index (χ0v) is 17.2. The minimum absolute atomic E-state index is 0.196. The lowest BCUT2D eigenvalue weighted by Crippen LogP contribution is -2.61. The molecule has 10 heteroatoms. The fourth-order valence-corrected chi connectivity index (χ4v) is 4.76. The van der Waals surface area contributed by atoms with Gasteiger partial charge in [-0.25, -0.2) is 17.6 Å². The van der Waals surface area contributed by atoms with E-state index in [0.29, 0.717) is 5.56 Å². The molecular weight excluding hydrogens is 401 g/mol. The summed E-state index contributed by atoms with van der Waals surface area (Å²) in [5.41, 5.74) is 1.44. The highest BCUT2D eigenvalue weighted by molar-refractivity contribution is 7.92. The Morgan fingerprint density at radius 2 is 1.97 bits per heavy atom. The first-order valence-electron chi connectivity index (χ1n) is 9.00. The van der Waals surface area contributed by atoms with E-state index in [1.54, 1.807) is 24.3 Å². The molecule has 1 aromatic carbocycles. The molecule has 0 radical (unpaired) electrons. The van der Waals surface area contributed by atoms with Crippen molar-refractivity contribution in [2.75, 3.05) is 6.54 Å². The Hall–Kier alpha value is -2.67. The quantitative estimate of drug-likeness (QED) is 0.715. The molecular formula is C19H24FN3O5S. The summed E-state index contributed by atoms with van der Waals surface area (Å²) < 4.78 is 38.1. The first-order valence-corrected chi connectivity index (χ1v) is 10.7. The van der Waals surface area contributed by atoms with Crippen molar-refractivity contribution < 1.29 is 27.5 Å². The number of sulfone groups is 1. The lowest BCUT2D eigenvalue weighted by atomic mass is 10.0. The van der Waals surface area contributed by atoms with Crippen molar-refractivity contribution in [3.63, 3.8) is 0 Å². The largest absolute Gasteiger partial charge is 0.465 e. The molecule has 1 fully saturated rings. The number of nitrogens with zero attached hydrogens (tertiary/aromatic N) is 2. The summed E-state index contributed by atoms with van der Waals surface area (Å²) in [6, 6.07) is 5.82. The van der Waals surface area contributed by atoms with Gasteiger partial charge in [0.1, 0.15) is 18.3 Å². The van der Waals surface area contributed by atoms with Crippen molar-refractivity contribution in [2.45, 2.75) is 55.9 Å². The number of nitriles is 1. The number of nitrogens with one attached hydrogen (secondary N) is 1. The van der Waals surface area contributed by atoms with Crippen LogP contribution in [0.15, 0.2) is 24.3 Å². The average Bonchev–Trinajstić information content (AvgIpc) is 3.01. The molecule has 3 atom stereocenters. The third kappa shape index (κ3) is 4.85. The highest BCUT2D eigenvalue weighted by atomic mass is 32.2. The van der Waals surface area contributed by atoms with Gasteiger partial charge in [0, 0.05) is 6.42 Å². The number of benzene rings is 1. The second-order valence-electron chi connectivity index (χ2n) is 7.70. The van der Waals surface area contributed by atoms with Crippen molar-refractivity contribution in [2.24, 2.45) is 0 Å². The lowest BCUT2D eigenvalue weighted by molar-refractivity contribution is -0.134. The van der Waals surface area contributed by atoms with Gasteiger partial charge in [-0.05, 0) is 26.3 Å². The number of likely N-dealkylation sites (tertiary alicyclic amines) is 1. The van der Waals surface area contributed by atoms with E-state index in [4.69, 9.17) is 0 Å². The molecule has 0 aliphatic carbocycles. The molecule has 0 bridgehead atoms. The molecule has 158 valence electrons. The Kier molecular flexibility index (Phi) is 6.53. The van der Waals surface area contributed by atoms with Crippen LogP contribution in [0.25, 0.3) is 0 Å². The van der Waals surface area contributed by atoms with Gasteiger partial charge in [0.15, 0.2) is 9.84 Å². The number of carbonyl (C=O) groups excluding carboxylic acids is 1. The molecule has 1 saturated heterocycles. The highest BCUT2D eigenvalue weighted by Crippen LogP contribution is 2.29. The summed E-state index contributed by atoms with van der Waals surface area (Å²) in [5, 5.41) is 20.3. The third-order valence-electron chi connectivity index (χ3n) is 5.17. The van der Waals surface area contributed by atoms with Crippen molar-refractivity contribution >= 4 is 21.8 Å². The average molecular weight is 425 g/mol. The van der Waals surface area contributed by atoms with Gasteiger partial charge in [0.05, 0.1) is 23.1 Å². The topological polar surface area (TPSA) is 128 Å². The molecule has 1 aliphatic heterocycles. The summed E-state index contributed by atoms with van der Waals surface area (Å²) in [4.78, 5) is 25.2. The van der Waals surface area contributed by atoms with Gasteiger partial charge in [-0.1, -0.05) is 29.8 Å². The van der Waals surface area contributed by atoms with Crippen LogP contribution in [0.4, 0.5) is 9.18 Å². The van der Waals surface area contributed by atoms with E-state index in [2.05, 4.69) is 0 Å². The molecule has 1 aliphatic rings. The van der Waals surface area contributed by atoms with E-state index in [-0.39, 0.29) is 13.0 Å². The second kappa shape index (κ2) is 8.37. The third-order valence-corrected chi connectivity index (χ3v) is 7.72. The van der Waals surface area contributed by atoms with E-state index in [1.165, 1.54) is 13.8 Å². The molecule has 29 heavy (non-hydrogen) atoms. The molecule has 1 aromatic rings. The summed E-state index contributed by atoms with van der Waals surface area (Å²) in [6.45, 7) is 3.97. The van der Waals surface area contributed by atoms with Crippen LogP contribution in [-0.4, -0.2) is 60.0 Å². The normalized spacial score (nSPS) is 20.7. The van der Waals surface area contributed by atoms with E-state index >= 15 is 0 Å². The number of hydrogen-bond acceptors (Lipinski definition) is 5. The van der Waals surface area contributed by atoms with E-state index in [1.807, 2.05) is 18.3 Å². The van der Waals surface area contributed by atoms with Crippen LogP contribution in [0.1, 0.15) is 31.4 Å². The van der Waals surface area contributed by atoms with Gasteiger partial charge in [-0.15, -0.1) is 0 Å². The van der Waals surface area contributed by atoms with Gasteiger partial charge < -0.3 is 15.3 Å². The number of halogens is 1. The second-order valence-corrected chi connectivity index (χ2v) is 10.3. The van der Waals surface area contributed by atoms with E-state index < -0.39 is 50.6 Å². The summed E-state index contributed by atoms with van der Waals surface area (Å²) in [7, 11) is -4.03. The van der Waals surface area contributed by atoms with Crippen molar-refractivity contribution in [1.82, 2.24) is 10.2 Å². The Morgan fingerprint density at radius 3 is 2.48 bits per heavy atom. The number of carbonyl (C=O) groups is 2. The molecule has 0 unspecified atom stereocenters. The van der Waals surface area contributed by atoms with E-state index in [0.717, 1.165) is 10.5 Å². The first kappa shape index (κ1) is 22.6. The van der Waals surface area contributed by atoms with Crippen molar-refractivity contribution in [3.05, 3.63) is 35.4 Å². The molecule has 0 spiro atoms. The SMILES string of the molecule is Cc1ccc(CS(=O)(=O)C(C)(C)[C@H](NC(=O)O)C(=O)N2C[C@@H](F)C[C@H]2C#N)cc1. The van der Waals surface area contributed by atoms with Crippen LogP contribution in [-0.2, 0) is 20.4 Å². The van der Waals surface area contributed by atoms with Crippen LogP contribution in [0, 0.1) is 18.3 Å². The van der Waals surface area contributed by atoms with Crippen LogP contribution in [0.5, 0.6) is 0 Å². The van der Waals surface area contributed by atoms with Gasteiger partial charge >= 0.3 is 6.09 Å². The summed E-state index contributed by atoms with van der Waals surface area (Å²) in [5.74, 6) is -1.34. The highest BCUT2D eigenvalue weighted by Gasteiger charge is 2.50. The predicted octanol–water partition coefficient (Wildman–Crippen LogP) is 1.79. The zero-order valence-electron chi connectivity index (χ0n) is 16.4. The smallest absolute Gasteiger partial charge is 0.405 e. The van der Waals surface area contributed by atoms with Gasteiger partial charge in [0.25, 0.3) is 0 Å². The van der Waals surface area contributed by atoms with Gasteiger partial charge in [-0.2, -0.15) is 5.26 Å². The molecule has 2 amide bonds. The first-order chi connectivity index (χ1) is 13.4. The minimum Gasteiger partial charge on any atom is -0.465 e. The fourth-order valence-electron chi connectivity index (χ4n) is 3.24. The summed E-state index contributed by atoms with van der Waals surface area (Å²) >= 11 is 0. The number of carboxylic acid groups (broad SMARTS) is 1. The molecule has 8 nitrogen and oxygen atoms in total. The molecule has 0 aromatic heterocycles. The number of aryl methyl sites for hydroxylation is 1. The van der Waals surface area contributed by atoms with Crippen LogP contribution >= 0.6 is 0 Å². The standard InChI is InChI=1S/C19H24FN3O5S/c1-12-4-6-13(7-5-12)11-29(27,28)19(2,3)16(22-18(25)26)17(24)23-10-14(20)8-15(23)9-21/h4-7,14-16,22H,8,10-11H2,1-3H3,(H,25,26)/t14-,15-,16+/m0/s1. The Labute approximate surface area is 169 Å². The van der Waals surface area contributed by atoms with Crippen LogP contribution in [0.2, 0.25) is 0 Å².